The minimum atomic E-state index is -4.06. The van der Waals surface area contributed by atoms with Crippen molar-refractivity contribution in [2.45, 2.75) is 44.1 Å². The average Bonchev–Trinajstić information content (AvgIpc) is 2.71. The summed E-state index contributed by atoms with van der Waals surface area (Å²) in [4.78, 5) is 0. The Morgan fingerprint density at radius 2 is 1.63 bits per heavy atom. The van der Waals surface area contributed by atoms with Crippen LogP contribution in [-0.4, -0.2) is 32.6 Å². The van der Waals surface area contributed by atoms with Crippen LogP contribution in [0.5, 0.6) is 0 Å². The topological polar surface area (TPSA) is 43.4 Å². The van der Waals surface area contributed by atoms with Crippen molar-refractivity contribution in [2.24, 2.45) is 17.8 Å². The molecular weight excluding hydrogens is 288 g/mol. The lowest BCUT2D eigenvalue weighted by molar-refractivity contribution is -0.236. The second kappa shape index (κ2) is 4.31. The van der Waals surface area contributed by atoms with E-state index in [0.717, 1.165) is 6.26 Å². The van der Waals surface area contributed by atoms with Gasteiger partial charge >= 0.3 is 11.8 Å². The van der Waals surface area contributed by atoms with E-state index < -0.39 is 39.9 Å². The van der Waals surface area contributed by atoms with E-state index in [2.05, 4.69) is 0 Å². The molecule has 0 N–H and O–H groups in total. The first-order chi connectivity index (χ1) is 8.42. The van der Waals surface area contributed by atoms with Gasteiger partial charge in [0.15, 0.2) is 0 Å². The average molecular weight is 304 g/mol. The van der Waals surface area contributed by atoms with E-state index in [1.54, 1.807) is 0 Å². The molecule has 4 atom stereocenters. The Balaban J connectivity index is 2.08. The first kappa shape index (κ1) is 15.0. The number of hydrogen-bond acceptors (Lipinski definition) is 3. The van der Waals surface area contributed by atoms with Crippen LogP contribution in [0.4, 0.5) is 17.6 Å². The van der Waals surface area contributed by atoms with Gasteiger partial charge in [-0.25, -0.2) is 8.78 Å². The molecule has 0 heterocycles. The van der Waals surface area contributed by atoms with Crippen molar-refractivity contribution in [3.63, 3.8) is 0 Å². The first-order valence-corrected chi connectivity index (χ1v) is 7.87. The van der Waals surface area contributed by atoms with Gasteiger partial charge in [-0.15, -0.1) is 0 Å². The number of fused-ring (bicyclic) bond motifs is 2. The highest BCUT2D eigenvalue weighted by molar-refractivity contribution is 7.86. The summed E-state index contributed by atoms with van der Waals surface area (Å²) in [6, 6.07) is 0. The minimum Gasteiger partial charge on any atom is -0.267 e. The molecule has 0 spiro atoms. The van der Waals surface area contributed by atoms with E-state index >= 15 is 0 Å². The number of rotatable bonds is 4. The molecule has 2 aliphatic carbocycles. The van der Waals surface area contributed by atoms with Crippen LogP contribution < -0.4 is 0 Å². The molecule has 2 aliphatic rings. The zero-order valence-electron chi connectivity index (χ0n) is 10.6. The molecule has 0 aliphatic heterocycles. The van der Waals surface area contributed by atoms with Gasteiger partial charge in [0.1, 0.15) is 0 Å². The van der Waals surface area contributed by atoms with E-state index in [1.165, 1.54) is 0 Å². The number of hydrogen-bond donors (Lipinski definition) is 0. The Hall–Kier alpha value is -0.370. The predicted molar refractivity (Wildman–Crippen MR) is 59.6 cm³/mol. The van der Waals surface area contributed by atoms with E-state index in [1.807, 2.05) is 0 Å². The van der Waals surface area contributed by atoms with Gasteiger partial charge in [-0.05, 0) is 31.1 Å². The van der Waals surface area contributed by atoms with Crippen LogP contribution in [0.25, 0.3) is 0 Å². The summed E-state index contributed by atoms with van der Waals surface area (Å²) >= 11 is 0. The van der Waals surface area contributed by atoms with Gasteiger partial charge in [0.2, 0.25) is 0 Å². The van der Waals surface area contributed by atoms with Gasteiger partial charge in [-0.1, -0.05) is 0 Å². The second-order valence-corrected chi connectivity index (χ2v) is 7.28. The predicted octanol–water partition coefficient (Wildman–Crippen LogP) is 2.67. The van der Waals surface area contributed by atoms with Crippen molar-refractivity contribution in [1.29, 1.82) is 0 Å². The lowest BCUT2D eigenvalue weighted by atomic mass is 9.81. The fourth-order valence-corrected chi connectivity index (χ4v) is 4.02. The van der Waals surface area contributed by atoms with Crippen LogP contribution in [0.1, 0.15) is 26.2 Å². The Bertz CT molecular complexity index is 457. The van der Waals surface area contributed by atoms with Crippen LogP contribution in [-0.2, 0) is 14.3 Å². The molecule has 2 fully saturated rings. The van der Waals surface area contributed by atoms with Crippen molar-refractivity contribution in [3.8, 4) is 0 Å². The summed E-state index contributed by atoms with van der Waals surface area (Å²) < 4.78 is 80.1. The number of alkyl halides is 4. The molecule has 0 aromatic carbocycles. The van der Waals surface area contributed by atoms with Gasteiger partial charge < -0.3 is 0 Å². The van der Waals surface area contributed by atoms with E-state index in [4.69, 9.17) is 4.18 Å². The van der Waals surface area contributed by atoms with Crippen molar-refractivity contribution in [1.82, 2.24) is 0 Å². The monoisotopic (exact) mass is 304 g/mol. The van der Waals surface area contributed by atoms with E-state index in [9.17, 15) is 26.0 Å². The molecule has 112 valence electrons. The Labute approximate surface area is 109 Å². The maximum Gasteiger partial charge on any atom is 0.312 e. The van der Waals surface area contributed by atoms with Gasteiger partial charge in [0.25, 0.3) is 10.1 Å². The zero-order valence-corrected chi connectivity index (χ0v) is 11.4. The molecule has 3 nitrogen and oxygen atoms in total. The van der Waals surface area contributed by atoms with Crippen LogP contribution in [0.3, 0.4) is 0 Å². The third kappa shape index (κ3) is 2.74. The Morgan fingerprint density at radius 3 is 2.00 bits per heavy atom. The number of halogens is 4. The van der Waals surface area contributed by atoms with Crippen molar-refractivity contribution in [3.05, 3.63) is 0 Å². The summed E-state index contributed by atoms with van der Waals surface area (Å²) in [5, 5.41) is 0. The summed E-state index contributed by atoms with van der Waals surface area (Å²) in [6.07, 6.45) is 0.578. The second-order valence-electron chi connectivity index (χ2n) is 5.68. The third-order valence-electron chi connectivity index (χ3n) is 4.14. The van der Waals surface area contributed by atoms with Crippen LogP contribution in [0, 0.1) is 17.8 Å². The van der Waals surface area contributed by atoms with Crippen molar-refractivity contribution in [2.75, 3.05) is 6.26 Å². The van der Waals surface area contributed by atoms with Gasteiger partial charge in [-0.3, -0.25) is 4.18 Å². The SMILES string of the molecule is CC(F)(F)C(F)(F)C1CC2CC1CC2OS(C)(=O)=O. The quantitative estimate of drug-likeness (QED) is 0.592. The molecule has 0 amide bonds. The molecule has 0 aromatic heterocycles. The standard InChI is InChI=1S/C11H16F4O3S/c1-10(12,13)11(14,15)8-4-7-3-6(8)5-9(7)18-19(2,16)17/h6-9H,3-5H2,1-2H3. The highest BCUT2D eigenvalue weighted by Crippen LogP contribution is 2.57. The Kier molecular flexibility index (Phi) is 3.41. The Morgan fingerprint density at radius 1 is 1.05 bits per heavy atom. The molecule has 2 rings (SSSR count). The van der Waals surface area contributed by atoms with Crippen molar-refractivity contribution >= 4 is 10.1 Å². The van der Waals surface area contributed by atoms with Crippen LogP contribution in [0.2, 0.25) is 0 Å². The minimum absolute atomic E-state index is 0.105. The molecule has 0 saturated heterocycles. The highest BCUT2D eigenvalue weighted by atomic mass is 32.2. The molecule has 2 saturated carbocycles. The van der Waals surface area contributed by atoms with Gasteiger partial charge in [-0.2, -0.15) is 17.2 Å². The van der Waals surface area contributed by atoms with E-state index in [0.29, 0.717) is 6.42 Å². The van der Waals surface area contributed by atoms with Crippen LogP contribution >= 0.6 is 0 Å². The summed E-state index contributed by atoms with van der Waals surface area (Å²) in [7, 11) is -3.65. The summed E-state index contributed by atoms with van der Waals surface area (Å²) in [5.41, 5.74) is 0. The highest BCUT2D eigenvalue weighted by Gasteiger charge is 2.64. The molecule has 4 unspecified atom stereocenters. The van der Waals surface area contributed by atoms with Crippen molar-refractivity contribution < 1.29 is 30.2 Å². The third-order valence-corrected chi connectivity index (χ3v) is 4.74. The normalized spacial score (nSPS) is 35.9. The molecule has 19 heavy (non-hydrogen) atoms. The van der Waals surface area contributed by atoms with Crippen LogP contribution in [0.15, 0.2) is 0 Å². The smallest absolute Gasteiger partial charge is 0.267 e. The maximum atomic E-state index is 13.6. The molecular formula is C11H16F4O3S. The summed E-state index contributed by atoms with van der Waals surface area (Å²) in [6.45, 7) is 0.226. The zero-order chi connectivity index (χ0) is 14.6. The molecule has 0 radical (unpaired) electrons. The fraction of sp³-hybridized carbons (Fsp3) is 1.00. The molecule has 0 aromatic rings. The largest absolute Gasteiger partial charge is 0.312 e. The fourth-order valence-electron chi connectivity index (χ4n) is 3.33. The lowest BCUT2D eigenvalue weighted by Gasteiger charge is -2.35. The first-order valence-electron chi connectivity index (χ1n) is 6.05. The molecule has 2 bridgehead atoms. The summed E-state index contributed by atoms with van der Waals surface area (Å²) in [5.74, 6) is -10.5. The van der Waals surface area contributed by atoms with E-state index in [-0.39, 0.29) is 25.7 Å². The molecule has 8 heteroatoms. The van der Waals surface area contributed by atoms with Gasteiger partial charge in [0, 0.05) is 12.8 Å². The van der Waals surface area contributed by atoms with Gasteiger partial charge in [0.05, 0.1) is 12.4 Å². The lowest BCUT2D eigenvalue weighted by Crippen LogP contribution is -2.47. The maximum absolute atomic E-state index is 13.6.